The lowest BCUT2D eigenvalue weighted by Crippen LogP contribution is -2.38. The molecule has 2 N–H and O–H groups in total. The van der Waals surface area contributed by atoms with Crippen molar-refractivity contribution in [3.63, 3.8) is 0 Å². The zero-order valence-electron chi connectivity index (χ0n) is 12.0. The minimum atomic E-state index is 0.414. The molecule has 2 heterocycles. The van der Waals surface area contributed by atoms with E-state index in [1.54, 1.807) is 0 Å². The number of piperidine rings is 1. The number of aromatic nitrogens is 1. The van der Waals surface area contributed by atoms with E-state index in [4.69, 9.17) is 5.73 Å². The van der Waals surface area contributed by atoms with Gasteiger partial charge in [-0.15, -0.1) is 0 Å². The van der Waals surface area contributed by atoms with Gasteiger partial charge >= 0.3 is 0 Å². The molecule has 0 saturated carbocycles. The predicted octanol–water partition coefficient (Wildman–Crippen LogP) is 3.23. The maximum atomic E-state index is 6.13. The molecule has 0 bridgehead atoms. The highest BCUT2D eigenvalue weighted by Crippen LogP contribution is 2.36. The Morgan fingerprint density at radius 1 is 1.28 bits per heavy atom. The third kappa shape index (κ3) is 2.60. The van der Waals surface area contributed by atoms with Crippen molar-refractivity contribution in [2.24, 2.45) is 11.3 Å². The van der Waals surface area contributed by atoms with Gasteiger partial charge in [0, 0.05) is 19.3 Å². The standard InChI is InChI=1S/C15H25N3/c1-11-5-8-17-14(13(11)16)18-9-6-12(7-10-18)15(2,3)4/h5,8,12H,6-7,9-10,16H2,1-4H3. The van der Waals surface area contributed by atoms with E-state index in [0.29, 0.717) is 5.41 Å². The highest BCUT2D eigenvalue weighted by Gasteiger charge is 2.29. The molecule has 1 aromatic heterocycles. The number of rotatable bonds is 1. The molecule has 1 saturated heterocycles. The van der Waals surface area contributed by atoms with Gasteiger partial charge < -0.3 is 10.6 Å². The molecule has 18 heavy (non-hydrogen) atoms. The van der Waals surface area contributed by atoms with E-state index in [0.717, 1.165) is 36.1 Å². The van der Waals surface area contributed by atoms with E-state index in [1.165, 1.54) is 12.8 Å². The lowest BCUT2D eigenvalue weighted by molar-refractivity contribution is 0.199. The summed E-state index contributed by atoms with van der Waals surface area (Å²) < 4.78 is 0. The van der Waals surface area contributed by atoms with Gasteiger partial charge in [0.05, 0.1) is 5.69 Å². The monoisotopic (exact) mass is 247 g/mol. The maximum Gasteiger partial charge on any atom is 0.152 e. The molecule has 0 amide bonds. The molecule has 2 rings (SSSR count). The molecular weight excluding hydrogens is 222 g/mol. The molecule has 0 aliphatic carbocycles. The second kappa shape index (κ2) is 4.79. The van der Waals surface area contributed by atoms with Crippen molar-refractivity contribution in [3.8, 4) is 0 Å². The maximum absolute atomic E-state index is 6.13. The fourth-order valence-corrected chi connectivity index (χ4v) is 2.76. The van der Waals surface area contributed by atoms with Crippen LogP contribution in [0.3, 0.4) is 0 Å². The fraction of sp³-hybridized carbons (Fsp3) is 0.667. The summed E-state index contributed by atoms with van der Waals surface area (Å²) in [7, 11) is 0. The van der Waals surface area contributed by atoms with Crippen LogP contribution in [0.25, 0.3) is 0 Å². The first-order valence-electron chi connectivity index (χ1n) is 6.85. The van der Waals surface area contributed by atoms with Crippen molar-refractivity contribution in [1.29, 1.82) is 0 Å². The fourth-order valence-electron chi connectivity index (χ4n) is 2.76. The number of hydrogen-bond donors (Lipinski definition) is 1. The van der Waals surface area contributed by atoms with Crippen LogP contribution in [0.4, 0.5) is 11.5 Å². The third-order valence-electron chi connectivity index (χ3n) is 4.21. The van der Waals surface area contributed by atoms with Crippen LogP contribution in [0.2, 0.25) is 0 Å². The molecule has 3 nitrogen and oxygen atoms in total. The van der Waals surface area contributed by atoms with Crippen LogP contribution < -0.4 is 10.6 Å². The zero-order valence-corrected chi connectivity index (χ0v) is 12.0. The zero-order chi connectivity index (χ0) is 13.3. The van der Waals surface area contributed by atoms with E-state index >= 15 is 0 Å². The topological polar surface area (TPSA) is 42.2 Å². The number of aryl methyl sites for hydroxylation is 1. The second-order valence-electron chi connectivity index (χ2n) is 6.49. The lowest BCUT2D eigenvalue weighted by atomic mass is 9.75. The summed E-state index contributed by atoms with van der Waals surface area (Å²) in [6, 6.07) is 1.97. The summed E-state index contributed by atoms with van der Waals surface area (Å²) in [4.78, 5) is 6.79. The molecule has 0 aromatic carbocycles. The van der Waals surface area contributed by atoms with Gasteiger partial charge in [-0.25, -0.2) is 4.98 Å². The molecule has 0 spiro atoms. The van der Waals surface area contributed by atoms with Gasteiger partial charge in [0.15, 0.2) is 5.82 Å². The first kappa shape index (κ1) is 13.2. The smallest absolute Gasteiger partial charge is 0.152 e. The van der Waals surface area contributed by atoms with E-state index in [9.17, 15) is 0 Å². The molecule has 100 valence electrons. The summed E-state index contributed by atoms with van der Waals surface area (Å²) in [5, 5.41) is 0. The minimum absolute atomic E-state index is 0.414. The Kier molecular flexibility index (Phi) is 3.51. The molecule has 3 heteroatoms. The Hall–Kier alpha value is -1.25. The van der Waals surface area contributed by atoms with Crippen molar-refractivity contribution < 1.29 is 0 Å². The van der Waals surface area contributed by atoms with Gasteiger partial charge in [-0.3, -0.25) is 0 Å². The van der Waals surface area contributed by atoms with Crippen molar-refractivity contribution >= 4 is 11.5 Å². The Bertz CT molecular complexity index is 412. The van der Waals surface area contributed by atoms with Crippen molar-refractivity contribution in [3.05, 3.63) is 17.8 Å². The lowest BCUT2D eigenvalue weighted by Gasteiger charge is -2.39. The van der Waals surface area contributed by atoms with E-state index in [1.807, 2.05) is 19.2 Å². The first-order valence-corrected chi connectivity index (χ1v) is 6.85. The van der Waals surface area contributed by atoms with Crippen molar-refractivity contribution in [2.45, 2.75) is 40.5 Å². The van der Waals surface area contributed by atoms with E-state index in [-0.39, 0.29) is 0 Å². The minimum Gasteiger partial charge on any atom is -0.396 e. The highest BCUT2D eigenvalue weighted by molar-refractivity contribution is 5.66. The van der Waals surface area contributed by atoms with Crippen LogP contribution in [0.15, 0.2) is 12.3 Å². The number of pyridine rings is 1. The third-order valence-corrected chi connectivity index (χ3v) is 4.21. The Morgan fingerprint density at radius 3 is 2.44 bits per heavy atom. The quantitative estimate of drug-likeness (QED) is 0.828. The first-order chi connectivity index (χ1) is 8.39. The van der Waals surface area contributed by atoms with Gasteiger partial charge in [-0.05, 0) is 42.7 Å². The van der Waals surface area contributed by atoms with Gasteiger partial charge in [-0.1, -0.05) is 20.8 Å². The van der Waals surface area contributed by atoms with Crippen molar-refractivity contribution in [2.75, 3.05) is 23.7 Å². The number of nitrogens with zero attached hydrogens (tertiary/aromatic N) is 2. The van der Waals surface area contributed by atoms with Crippen LogP contribution in [-0.2, 0) is 0 Å². The molecular formula is C15H25N3. The SMILES string of the molecule is Cc1ccnc(N2CCC(C(C)(C)C)CC2)c1N. The van der Waals surface area contributed by atoms with Crippen LogP contribution >= 0.6 is 0 Å². The average Bonchev–Trinajstić information content (AvgIpc) is 2.32. The van der Waals surface area contributed by atoms with Crippen LogP contribution in [0, 0.1) is 18.3 Å². The van der Waals surface area contributed by atoms with Gasteiger partial charge in [0.25, 0.3) is 0 Å². The van der Waals surface area contributed by atoms with Gasteiger partial charge in [-0.2, -0.15) is 0 Å². The highest BCUT2D eigenvalue weighted by atomic mass is 15.2. The van der Waals surface area contributed by atoms with Crippen LogP contribution in [-0.4, -0.2) is 18.1 Å². The molecule has 0 radical (unpaired) electrons. The summed E-state index contributed by atoms with van der Waals surface area (Å²) in [5.41, 5.74) is 8.51. The molecule has 1 fully saturated rings. The number of hydrogen-bond acceptors (Lipinski definition) is 3. The molecule has 1 aliphatic heterocycles. The number of nitrogen functional groups attached to an aromatic ring is 1. The average molecular weight is 247 g/mol. The van der Waals surface area contributed by atoms with Crippen molar-refractivity contribution in [1.82, 2.24) is 4.98 Å². The Balaban J connectivity index is 2.08. The Morgan fingerprint density at radius 2 is 1.89 bits per heavy atom. The normalized spacial score (nSPS) is 18.1. The van der Waals surface area contributed by atoms with Gasteiger partial charge in [0.2, 0.25) is 0 Å². The largest absolute Gasteiger partial charge is 0.396 e. The second-order valence-corrected chi connectivity index (χ2v) is 6.49. The van der Waals surface area contributed by atoms with Crippen LogP contribution in [0.1, 0.15) is 39.2 Å². The van der Waals surface area contributed by atoms with E-state index in [2.05, 4.69) is 30.7 Å². The molecule has 1 aliphatic rings. The predicted molar refractivity (Wildman–Crippen MR) is 77.8 cm³/mol. The van der Waals surface area contributed by atoms with E-state index < -0.39 is 0 Å². The van der Waals surface area contributed by atoms with Gasteiger partial charge in [0.1, 0.15) is 0 Å². The molecule has 0 unspecified atom stereocenters. The number of anilines is 2. The summed E-state index contributed by atoms with van der Waals surface area (Å²) in [6.07, 6.45) is 4.33. The molecule has 0 atom stereocenters. The number of nitrogens with two attached hydrogens (primary N) is 1. The summed E-state index contributed by atoms with van der Waals surface area (Å²) in [5.74, 6) is 1.78. The summed E-state index contributed by atoms with van der Waals surface area (Å²) >= 11 is 0. The Labute approximate surface area is 110 Å². The van der Waals surface area contributed by atoms with Crippen LogP contribution in [0.5, 0.6) is 0 Å². The summed E-state index contributed by atoms with van der Waals surface area (Å²) in [6.45, 7) is 11.2. The molecule has 1 aromatic rings.